The molecule has 0 aliphatic carbocycles. The summed E-state index contributed by atoms with van der Waals surface area (Å²) in [7, 11) is 1.49. The van der Waals surface area contributed by atoms with Gasteiger partial charge in [0.2, 0.25) is 5.91 Å². The van der Waals surface area contributed by atoms with Gasteiger partial charge in [-0.15, -0.1) is 0 Å². The van der Waals surface area contributed by atoms with E-state index in [4.69, 9.17) is 9.84 Å². The molecule has 0 spiro atoms. The molecule has 0 heterocycles. The largest absolute Gasteiger partial charge is 0.376 e. The fraction of sp³-hybridized carbons (Fsp3) is 0.889. The first-order valence-corrected chi connectivity index (χ1v) is 4.38. The van der Waals surface area contributed by atoms with E-state index in [0.29, 0.717) is 0 Å². The first kappa shape index (κ1) is 12.4. The maximum Gasteiger partial charge on any atom is 0.231 e. The zero-order chi connectivity index (χ0) is 10.5. The van der Waals surface area contributed by atoms with Crippen LogP contribution in [0.25, 0.3) is 0 Å². The maximum atomic E-state index is 11.7. The molecule has 0 aliphatic heterocycles. The van der Waals surface area contributed by atoms with E-state index < -0.39 is 5.41 Å². The topological polar surface area (TPSA) is 49.8 Å². The second-order valence-corrected chi connectivity index (χ2v) is 3.64. The highest BCUT2D eigenvalue weighted by atomic mass is 16.5. The number of ether oxygens (including phenoxy) is 1. The Kier molecular flexibility index (Phi) is 4.95. The second kappa shape index (κ2) is 5.19. The van der Waals surface area contributed by atoms with Crippen molar-refractivity contribution in [3.8, 4) is 0 Å². The highest BCUT2D eigenvalue weighted by Crippen LogP contribution is 2.22. The number of hydrogen-bond donors (Lipinski definition) is 1. The lowest BCUT2D eigenvalue weighted by Crippen LogP contribution is -2.42. The van der Waals surface area contributed by atoms with E-state index in [1.165, 1.54) is 12.0 Å². The molecule has 0 saturated heterocycles. The number of nitrogens with zero attached hydrogens (tertiary/aromatic N) is 1. The van der Waals surface area contributed by atoms with Crippen LogP contribution in [0.1, 0.15) is 27.2 Å². The molecule has 4 heteroatoms. The summed E-state index contributed by atoms with van der Waals surface area (Å²) in [6.07, 6.45) is 0.742. The normalized spacial score (nSPS) is 11.5. The molecule has 0 saturated carbocycles. The van der Waals surface area contributed by atoms with Gasteiger partial charge in [0, 0.05) is 12.5 Å². The Morgan fingerprint density at radius 2 is 2.08 bits per heavy atom. The third-order valence-corrected chi connectivity index (χ3v) is 2.21. The molecule has 0 atom stereocenters. The van der Waals surface area contributed by atoms with E-state index in [2.05, 4.69) is 0 Å². The van der Waals surface area contributed by atoms with Gasteiger partial charge in [0.15, 0.2) is 0 Å². The molecule has 0 aromatic heterocycles. The Morgan fingerprint density at radius 3 is 2.38 bits per heavy atom. The predicted molar refractivity (Wildman–Crippen MR) is 49.9 cm³/mol. The fourth-order valence-corrected chi connectivity index (χ4v) is 0.899. The molecule has 13 heavy (non-hydrogen) atoms. The summed E-state index contributed by atoms with van der Waals surface area (Å²) in [5, 5.41) is 8.91. The van der Waals surface area contributed by atoms with Crippen molar-refractivity contribution in [2.45, 2.75) is 27.2 Å². The lowest BCUT2D eigenvalue weighted by atomic mass is 9.89. The van der Waals surface area contributed by atoms with Crippen molar-refractivity contribution in [3.05, 3.63) is 0 Å². The van der Waals surface area contributed by atoms with Crippen LogP contribution in [0, 0.1) is 5.41 Å². The van der Waals surface area contributed by atoms with Crippen LogP contribution in [-0.4, -0.2) is 36.5 Å². The van der Waals surface area contributed by atoms with Crippen molar-refractivity contribution < 1.29 is 14.6 Å². The van der Waals surface area contributed by atoms with Crippen LogP contribution in [0.15, 0.2) is 0 Å². The van der Waals surface area contributed by atoms with E-state index in [0.717, 1.165) is 6.42 Å². The van der Waals surface area contributed by atoms with E-state index in [9.17, 15) is 4.79 Å². The Hall–Kier alpha value is -0.610. The van der Waals surface area contributed by atoms with Crippen molar-refractivity contribution in [1.29, 1.82) is 0 Å². The van der Waals surface area contributed by atoms with E-state index in [1.807, 2.05) is 20.8 Å². The summed E-state index contributed by atoms with van der Waals surface area (Å²) in [4.78, 5) is 13.0. The second-order valence-electron chi connectivity index (χ2n) is 3.64. The number of hydrogen-bond acceptors (Lipinski definition) is 3. The highest BCUT2D eigenvalue weighted by molar-refractivity contribution is 5.81. The lowest BCUT2D eigenvalue weighted by molar-refractivity contribution is -0.150. The molecule has 4 nitrogen and oxygen atoms in total. The Labute approximate surface area is 79.5 Å². The number of aliphatic hydroxyl groups is 1. The summed E-state index contributed by atoms with van der Waals surface area (Å²) >= 11 is 0. The summed E-state index contributed by atoms with van der Waals surface area (Å²) < 4.78 is 4.80. The van der Waals surface area contributed by atoms with Gasteiger partial charge in [-0.25, -0.2) is 0 Å². The number of amides is 1. The Bertz CT molecular complexity index is 168. The minimum atomic E-state index is -0.429. The van der Waals surface area contributed by atoms with E-state index >= 15 is 0 Å². The molecule has 0 fully saturated rings. The molecule has 0 bridgehead atoms. The lowest BCUT2D eigenvalue weighted by Gasteiger charge is -2.29. The van der Waals surface area contributed by atoms with Gasteiger partial charge < -0.3 is 9.84 Å². The van der Waals surface area contributed by atoms with Crippen LogP contribution < -0.4 is 0 Å². The van der Waals surface area contributed by atoms with Gasteiger partial charge >= 0.3 is 0 Å². The Balaban J connectivity index is 4.36. The van der Waals surface area contributed by atoms with Gasteiger partial charge in [-0.2, -0.15) is 0 Å². The molecule has 0 aromatic rings. The van der Waals surface area contributed by atoms with Crippen LogP contribution in [0.2, 0.25) is 0 Å². The summed E-state index contributed by atoms with van der Waals surface area (Å²) in [6.45, 7) is 5.50. The zero-order valence-corrected chi connectivity index (χ0v) is 8.83. The number of carbonyl (C=O) groups is 1. The van der Waals surface area contributed by atoms with Crippen molar-refractivity contribution in [2.75, 3.05) is 20.6 Å². The highest BCUT2D eigenvalue weighted by Gasteiger charge is 2.29. The number of aliphatic hydroxyl groups excluding tert-OH is 1. The van der Waals surface area contributed by atoms with Gasteiger partial charge in [-0.05, 0) is 6.42 Å². The average molecular weight is 189 g/mol. The molecule has 0 aromatic carbocycles. The molecular weight excluding hydrogens is 170 g/mol. The van der Waals surface area contributed by atoms with Gasteiger partial charge in [0.1, 0.15) is 13.5 Å². The van der Waals surface area contributed by atoms with Gasteiger partial charge in [0.05, 0.1) is 0 Å². The molecule has 0 unspecified atom stereocenters. The van der Waals surface area contributed by atoms with E-state index in [1.54, 1.807) is 0 Å². The SMILES string of the molecule is CCC(C)(C)C(=O)N(CO)COC. The molecule has 78 valence electrons. The molecule has 0 rings (SSSR count). The monoisotopic (exact) mass is 189 g/mol. The van der Waals surface area contributed by atoms with Crippen LogP contribution in [-0.2, 0) is 9.53 Å². The van der Waals surface area contributed by atoms with Gasteiger partial charge in [-0.1, -0.05) is 20.8 Å². The van der Waals surface area contributed by atoms with Crippen molar-refractivity contribution in [1.82, 2.24) is 4.90 Å². The van der Waals surface area contributed by atoms with Crippen molar-refractivity contribution >= 4 is 5.91 Å². The number of methoxy groups -OCH3 is 1. The van der Waals surface area contributed by atoms with Crippen LogP contribution in [0.5, 0.6) is 0 Å². The fourth-order valence-electron chi connectivity index (χ4n) is 0.899. The van der Waals surface area contributed by atoms with Gasteiger partial charge in [0.25, 0.3) is 0 Å². The first-order valence-electron chi connectivity index (χ1n) is 4.38. The third kappa shape index (κ3) is 3.32. The standard InChI is InChI=1S/C9H19NO3/c1-5-9(2,3)8(12)10(6-11)7-13-4/h11H,5-7H2,1-4H3. The zero-order valence-electron chi connectivity index (χ0n) is 8.83. The summed E-state index contributed by atoms with van der Waals surface area (Å²) in [5.41, 5.74) is -0.429. The first-order chi connectivity index (χ1) is 5.99. The summed E-state index contributed by atoms with van der Waals surface area (Å²) in [6, 6.07) is 0. The minimum absolute atomic E-state index is 0.0839. The van der Waals surface area contributed by atoms with Crippen LogP contribution in [0.4, 0.5) is 0 Å². The third-order valence-electron chi connectivity index (χ3n) is 2.21. The summed E-state index contributed by atoms with van der Waals surface area (Å²) in [5.74, 6) is -0.0839. The number of carbonyl (C=O) groups excluding carboxylic acids is 1. The molecular formula is C9H19NO3. The molecule has 0 aliphatic rings. The quantitative estimate of drug-likeness (QED) is 0.651. The smallest absolute Gasteiger partial charge is 0.231 e. The Morgan fingerprint density at radius 1 is 1.54 bits per heavy atom. The number of rotatable bonds is 5. The van der Waals surface area contributed by atoms with Crippen LogP contribution >= 0.6 is 0 Å². The predicted octanol–water partition coefficient (Wildman–Crippen LogP) is 0.805. The van der Waals surface area contributed by atoms with Crippen molar-refractivity contribution in [3.63, 3.8) is 0 Å². The molecule has 1 N–H and O–H groups in total. The average Bonchev–Trinajstić information content (AvgIpc) is 2.13. The maximum absolute atomic E-state index is 11.7. The van der Waals surface area contributed by atoms with Crippen molar-refractivity contribution in [2.24, 2.45) is 5.41 Å². The van der Waals surface area contributed by atoms with Gasteiger partial charge in [-0.3, -0.25) is 9.69 Å². The van der Waals surface area contributed by atoms with E-state index in [-0.39, 0.29) is 19.4 Å². The minimum Gasteiger partial charge on any atom is -0.376 e. The molecule has 0 radical (unpaired) electrons. The molecule has 1 amide bonds. The van der Waals surface area contributed by atoms with Crippen LogP contribution in [0.3, 0.4) is 0 Å².